The molecule has 0 aliphatic carbocycles. The number of amides is 1. The maximum absolute atomic E-state index is 12.1. The number of esters is 1. The Morgan fingerprint density at radius 3 is 2.19 bits per heavy atom. The zero-order valence-corrected chi connectivity index (χ0v) is 15.7. The van der Waals surface area contributed by atoms with Crippen LogP contribution in [0.1, 0.15) is 36.2 Å². The first kappa shape index (κ1) is 20.2. The van der Waals surface area contributed by atoms with Gasteiger partial charge in [0.05, 0.1) is 7.11 Å². The molecule has 1 amide bonds. The number of hydrogen-bond acceptors (Lipinski definition) is 5. The highest BCUT2D eigenvalue weighted by molar-refractivity contribution is 5.97. The third-order valence-corrected chi connectivity index (χ3v) is 4.01. The normalized spacial score (nSPS) is 11.4. The number of carbonyl (C=O) groups is 3. The molecule has 0 aliphatic rings. The molecule has 0 spiro atoms. The Kier molecular flexibility index (Phi) is 7.11. The topological polar surface area (TPSA) is 81.7 Å². The highest BCUT2D eigenvalue weighted by Gasteiger charge is 2.18. The fraction of sp³-hybridized carbons (Fsp3) is 0.286. The van der Waals surface area contributed by atoms with E-state index in [4.69, 9.17) is 9.47 Å². The fourth-order valence-corrected chi connectivity index (χ4v) is 2.38. The van der Waals surface area contributed by atoms with E-state index in [2.05, 4.69) is 5.32 Å². The van der Waals surface area contributed by atoms with Crippen LogP contribution in [0.4, 0.5) is 5.69 Å². The first-order valence-electron chi connectivity index (χ1n) is 8.63. The second-order valence-corrected chi connectivity index (χ2v) is 6.10. The number of hydrogen-bond donors (Lipinski definition) is 1. The average molecular weight is 369 g/mol. The quantitative estimate of drug-likeness (QED) is 0.570. The number of ketones is 1. The van der Waals surface area contributed by atoms with Gasteiger partial charge in [-0.2, -0.15) is 0 Å². The number of carbonyl (C=O) groups excluding carboxylic acids is 3. The minimum absolute atomic E-state index is 0.0490. The van der Waals surface area contributed by atoms with Crippen LogP contribution in [0.5, 0.6) is 5.75 Å². The summed E-state index contributed by atoms with van der Waals surface area (Å²) in [6.45, 7) is 2.99. The van der Waals surface area contributed by atoms with Crippen molar-refractivity contribution in [3.8, 4) is 5.75 Å². The first-order valence-corrected chi connectivity index (χ1v) is 8.63. The Labute approximate surface area is 158 Å². The SMILES string of the molecule is COc1ccc(CCC(=O)OC(C)C(=O)Nc2ccc(C(C)=O)cc2)cc1. The summed E-state index contributed by atoms with van der Waals surface area (Å²) in [5.74, 6) is -0.168. The Morgan fingerprint density at radius 1 is 1.00 bits per heavy atom. The van der Waals surface area contributed by atoms with Crippen molar-refractivity contribution in [3.63, 3.8) is 0 Å². The lowest BCUT2D eigenvalue weighted by Gasteiger charge is -2.14. The van der Waals surface area contributed by atoms with Gasteiger partial charge in [-0.25, -0.2) is 0 Å². The van der Waals surface area contributed by atoms with Gasteiger partial charge in [-0.1, -0.05) is 12.1 Å². The van der Waals surface area contributed by atoms with Crippen molar-refractivity contribution in [2.24, 2.45) is 0 Å². The molecular weight excluding hydrogens is 346 g/mol. The lowest BCUT2D eigenvalue weighted by molar-refractivity contribution is -0.153. The third-order valence-electron chi connectivity index (χ3n) is 4.01. The van der Waals surface area contributed by atoms with E-state index < -0.39 is 18.0 Å². The van der Waals surface area contributed by atoms with E-state index in [0.717, 1.165) is 11.3 Å². The smallest absolute Gasteiger partial charge is 0.306 e. The number of rotatable bonds is 8. The lowest BCUT2D eigenvalue weighted by atomic mass is 10.1. The molecule has 0 saturated carbocycles. The summed E-state index contributed by atoms with van der Waals surface area (Å²) in [6, 6.07) is 13.9. The van der Waals surface area contributed by atoms with Crippen molar-refractivity contribution in [1.29, 1.82) is 0 Å². The van der Waals surface area contributed by atoms with Crippen molar-refractivity contribution >= 4 is 23.3 Å². The number of Topliss-reactive ketones (excluding diaryl/α,β-unsaturated/α-hetero) is 1. The van der Waals surface area contributed by atoms with Crippen LogP contribution < -0.4 is 10.1 Å². The highest BCUT2D eigenvalue weighted by atomic mass is 16.5. The van der Waals surface area contributed by atoms with Gasteiger partial charge in [0.25, 0.3) is 5.91 Å². The van der Waals surface area contributed by atoms with E-state index in [9.17, 15) is 14.4 Å². The van der Waals surface area contributed by atoms with Crippen molar-refractivity contribution < 1.29 is 23.9 Å². The van der Waals surface area contributed by atoms with Gasteiger partial charge in [0.2, 0.25) is 0 Å². The number of nitrogens with one attached hydrogen (secondary N) is 1. The maximum atomic E-state index is 12.1. The van der Waals surface area contributed by atoms with Crippen LogP contribution in [-0.2, 0) is 20.7 Å². The predicted octanol–water partition coefficient (Wildman–Crippen LogP) is 3.40. The summed E-state index contributed by atoms with van der Waals surface area (Å²) < 4.78 is 10.3. The van der Waals surface area contributed by atoms with Gasteiger partial charge in [0.1, 0.15) is 5.75 Å². The molecule has 0 aliphatic heterocycles. The molecule has 0 fully saturated rings. The van der Waals surface area contributed by atoms with Crippen LogP contribution in [-0.4, -0.2) is 30.9 Å². The third kappa shape index (κ3) is 6.26. The fourth-order valence-electron chi connectivity index (χ4n) is 2.38. The molecule has 0 saturated heterocycles. The Morgan fingerprint density at radius 2 is 1.63 bits per heavy atom. The van der Waals surface area contributed by atoms with Gasteiger partial charge in [0.15, 0.2) is 11.9 Å². The Bertz CT molecular complexity index is 796. The van der Waals surface area contributed by atoms with Gasteiger partial charge in [0, 0.05) is 17.7 Å². The van der Waals surface area contributed by atoms with Gasteiger partial charge in [-0.15, -0.1) is 0 Å². The van der Waals surface area contributed by atoms with E-state index in [0.29, 0.717) is 17.7 Å². The molecule has 1 unspecified atom stereocenters. The monoisotopic (exact) mass is 369 g/mol. The molecule has 6 nitrogen and oxygen atoms in total. The number of aryl methyl sites for hydroxylation is 1. The molecule has 6 heteroatoms. The number of ether oxygens (including phenoxy) is 2. The molecular formula is C21H23NO5. The molecule has 1 atom stereocenters. The number of benzene rings is 2. The molecule has 142 valence electrons. The number of anilines is 1. The molecule has 27 heavy (non-hydrogen) atoms. The zero-order valence-electron chi connectivity index (χ0n) is 15.7. The minimum Gasteiger partial charge on any atom is -0.497 e. The van der Waals surface area contributed by atoms with Gasteiger partial charge in [-0.3, -0.25) is 14.4 Å². The van der Waals surface area contributed by atoms with Crippen molar-refractivity contribution in [2.45, 2.75) is 32.8 Å². The summed E-state index contributed by atoms with van der Waals surface area (Å²) in [5.41, 5.74) is 2.08. The van der Waals surface area contributed by atoms with Gasteiger partial charge in [-0.05, 0) is 62.2 Å². The van der Waals surface area contributed by atoms with Crippen molar-refractivity contribution in [3.05, 3.63) is 59.7 Å². The van der Waals surface area contributed by atoms with Crippen LogP contribution in [0.15, 0.2) is 48.5 Å². The van der Waals surface area contributed by atoms with Crippen LogP contribution in [0.2, 0.25) is 0 Å². The predicted molar refractivity (Wildman–Crippen MR) is 102 cm³/mol. The molecule has 0 bridgehead atoms. The summed E-state index contributed by atoms with van der Waals surface area (Å²) in [6.07, 6.45) is -0.221. The summed E-state index contributed by atoms with van der Waals surface area (Å²) in [5, 5.41) is 2.66. The minimum atomic E-state index is -0.916. The highest BCUT2D eigenvalue weighted by Crippen LogP contribution is 2.14. The van der Waals surface area contributed by atoms with Crippen LogP contribution >= 0.6 is 0 Å². The van der Waals surface area contributed by atoms with Crippen LogP contribution in [0, 0.1) is 0 Å². The first-order chi connectivity index (χ1) is 12.9. The van der Waals surface area contributed by atoms with Gasteiger partial charge >= 0.3 is 5.97 Å². The lowest BCUT2D eigenvalue weighted by Crippen LogP contribution is -2.30. The zero-order chi connectivity index (χ0) is 19.8. The molecule has 2 aromatic carbocycles. The summed E-state index contributed by atoms with van der Waals surface area (Å²) >= 11 is 0. The van der Waals surface area contributed by atoms with Crippen LogP contribution in [0.3, 0.4) is 0 Å². The standard InChI is InChI=1S/C21H23NO5/c1-14(23)17-7-9-18(10-8-17)22-21(25)15(2)27-20(24)13-6-16-4-11-19(26-3)12-5-16/h4-5,7-12,15H,6,13H2,1-3H3,(H,22,25). The largest absolute Gasteiger partial charge is 0.497 e. The summed E-state index contributed by atoms with van der Waals surface area (Å²) in [4.78, 5) is 35.4. The van der Waals surface area contributed by atoms with E-state index >= 15 is 0 Å². The van der Waals surface area contributed by atoms with E-state index in [1.165, 1.54) is 13.8 Å². The molecule has 0 heterocycles. The molecule has 2 rings (SSSR count). The van der Waals surface area contributed by atoms with E-state index in [1.54, 1.807) is 31.4 Å². The Hall–Kier alpha value is -3.15. The Balaban J connectivity index is 1.80. The average Bonchev–Trinajstić information content (AvgIpc) is 2.67. The second-order valence-electron chi connectivity index (χ2n) is 6.10. The van der Waals surface area contributed by atoms with Crippen molar-refractivity contribution in [2.75, 3.05) is 12.4 Å². The molecule has 0 radical (unpaired) electrons. The molecule has 2 aromatic rings. The van der Waals surface area contributed by atoms with Crippen LogP contribution in [0.25, 0.3) is 0 Å². The van der Waals surface area contributed by atoms with E-state index in [1.807, 2.05) is 24.3 Å². The maximum Gasteiger partial charge on any atom is 0.306 e. The summed E-state index contributed by atoms with van der Waals surface area (Å²) in [7, 11) is 1.59. The number of methoxy groups -OCH3 is 1. The van der Waals surface area contributed by atoms with E-state index in [-0.39, 0.29) is 12.2 Å². The van der Waals surface area contributed by atoms with Gasteiger partial charge < -0.3 is 14.8 Å². The molecule has 1 N–H and O–H groups in total. The molecule has 0 aromatic heterocycles. The van der Waals surface area contributed by atoms with Crippen molar-refractivity contribution in [1.82, 2.24) is 0 Å². The second kappa shape index (κ2) is 9.52.